The fourth-order valence-corrected chi connectivity index (χ4v) is 2.63. The minimum absolute atomic E-state index is 0.334. The molecule has 0 amide bonds. The lowest BCUT2D eigenvalue weighted by molar-refractivity contribution is 0.0455. The first-order valence-electron chi connectivity index (χ1n) is 6.23. The Hall–Kier alpha value is -0.580. The van der Waals surface area contributed by atoms with Crippen molar-refractivity contribution in [3.8, 4) is 0 Å². The Bertz CT molecular complexity index is 338. The topological polar surface area (TPSA) is 34.1 Å². The van der Waals surface area contributed by atoms with E-state index in [0.29, 0.717) is 11.3 Å². The van der Waals surface area contributed by atoms with Gasteiger partial charge in [-0.25, -0.2) is 0 Å². The highest BCUT2D eigenvalue weighted by atomic mass is 32.2. The third-order valence-electron chi connectivity index (χ3n) is 2.81. The molecule has 1 atom stereocenters. The maximum atomic E-state index is 5.16. The molecule has 17 heavy (non-hydrogen) atoms. The highest BCUT2D eigenvalue weighted by Gasteiger charge is 2.19. The molecule has 0 radical (unpaired) electrons. The standard InChI is InChI=1S/C13H20N2OS/c1-3-6-14-10(2)13-5-4-11(7-15-13)17-12-8-16-9-12/h4-5,7,10,12,14H,3,6,8-9H2,1-2H3. The Kier molecular flexibility index (Phi) is 4.83. The van der Waals surface area contributed by atoms with Crippen molar-refractivity contribution < 1.29 is 4.74 Å². The van der Waals surface area contributed by atoms with E-state index in [1.165, 1.54) is 4.90 Å². The van der Waals surface area contributed by atoms with E-state index in [9.17, 15) is 0 Å². The fourth-order valence-electron chi connectivity index (χ4n) is 1.66. The summed E-state index contributed by atoms with van der Waals surface area (Å²) >= 11 is 1.86. The first-order valence-corrected chi connectivity index (χ1v) is 7.11. The molecule has 0 aliphatic carbocycles. The van der Waals surface area contributed by atoms with Crippen molar-refractivity contribution in [1.82, 2.24) is 10.3 Å². The van der Waals surface area contributed by atoms with Crippen LogP contribution in [0.5, 0.6) is 0 Å². The van der Waals surface area contributed by atoms with Crippen LogP contribution in [0.15, 0.2) is 23.2 Å². The zero-order valence-electron chi connectivity index (χ0n) is 10.5. The van der Waals surface area contributed by atoms with Gasteiger partial charge in [-0.15, -0.1) is 11.8 Å². The number of pyridine rings is 1. The molecule has 3 nitrogen and oxygen atoms in total. The second kappa shape index (κ2) is 6.38. The van der Waals surface area contributed by atoms with Crippen LogP contribution in [0, 0.1) is 0 Å². The molecule has 1 fully saturated rings. The van der Waals surface area contributed by atoms with Crippen molar-refractivity contribution in [2.75, 3.05) is 19.8 Å². The van der Waals surface area contributed by atoms with Crippen molar-refractivity contribution in [3.63, 3.8) is 0 Å². The molecule has 1 unspecified atom stereocenters. The molecule has 0 aromatic carbocycles. The molecule has 94 valence electrons. The molecule has 0 bridgehead atoms. The van der Waals surface area contributed by atoms with Crippen molar-refractivity contribution in [3.05, 3.63) is 24.0 Å². The molecule has 1 aliphatic rings. The van der Waals surface area contributed by atoms with Crippen LogP contribution in [0.25, 0.3) is 0 Å². The molecule has 0 spiro atoms. The number of nitrogens with zero attached hydrogens (tertiary/aromatic N) is 1. The number of aromatic nitrogens is 1. The summed E-state index contributed by atoms with van der Waals surface area (Å²) in [5, 5.41) is 4.07. The quantitative estimate of drug-likeness (QED) is 0.844. The van der Waals surface area contributed by atoms with Crippen molar-refractivity contribution >= 4 is 11.8 Å². The minimum atomic E-state index is 0.334. The molecule has 1 aliphatic heterocycles. The van der Waals surface area contributed by atoms with Crippen molar-refractivity contribution in [1.29, 1.82) is 0 Å². The van der Waals surface area contributed by atoms with Gasteiger partial charge in [0.2, 0.25) is 0 Å². The zero-order chi connectivity index (χ0) is 12.1. The third-order valence-corrected chi connectivity index (χ3v) is 3.93. The Morgan fingerprint density at radius 3 is 2.88 bits per heavy atom. The Morgan fingerprint density at radius 2 is 2.35 bits per heavy atom. The maximum absolute atomic E-state index is 5.16. The minimum Gasteiger partial charge on any atom is -0.379 e. The van der Waals surface area contributed by atoms with Gasteiger partial charge in [-0.05, 0) is 32.0 Å². The van der Waals surface area contributed by atoms with Gasteiger partial charge >= 0.3 is 0 Å². The highest BCUT2D eigenvalue weighted by molar-refractivity contribution is 8.00. The lowest BCUT2D eigenvalue weighted by atomic mass is 10.2. The summed E-state index contributed by atoms with van der Waals surface area (Å²) in [4.78, 5) is 5.76. The van der Waals surface area contributed by atoms with Crippen LogP contribution < -0.4 is 5.32 Å². The van der Waals surface area contributed by atoms with Crippen molar-refractivity contribution in [2.45, 2.75) is 36.5 Å². The first kappa shape index (κ1) is 12.9. The Balaban J connectivity index is 1.87. The molecule has 4 heteroatoms. The fraction of sp³-hybridized carbons (Fsp3) is 0.615. The SMILES string of the molecule is CCCNC(C)c1ccc(SC2COC2)cn1. The van der Waals surface area contributed by atoms with Crippen LogP contribution in [0.1, 0.15) is 32.0 Å². The number of ether oxygens (including phenoxy) is 1. The van der Waals surface area contributed by atoms with Gasteiger partial charge in [0.15, 0.2) is 0 Å². The smallest absolute Gasteiger partial charge is 0.0611 e. The number of hydrogen-bond donors (Lipinski definition) is 1. The monoisotopic (exact) mass is 252 g/mol. The van der Waals surface area contributed by atoms with Gasteiger partial charge in [-0.1, -0.05) is 6.92 Å². The molecular formula is C13H20N2OS. The van der Waals surface area contributed by atoms with E-state index in [-0.39, 0.29) is 0 Å². The summed E-state index contributed by atoms with van der Waals surface area (Å²) in [6.45, 7) is 7.12. The number of rotatable bonds is 6. The molecule has 1 aromatic heterocycles. The summed E-state index contributed by atoms with van der Waals surface area (Å²) < 4.78 is 5.16. The van der Waals surface area contributed by atoms with Crippen LogP contribution in [-0.2, 0) is 4.74 Å². The molecule has 1 saturated heterocycles. The average molecular weight is 252 g/mol. The molecular weight excluding hydrogens is 232 g/mol. The van der Waals surface area contributed by atoms with Crippen LogP contribution in [0.3, 0.4) is 0 Å². The van der Waals surface area contributed by atoms with Gasteiger partial charge in [-0.2, -0.15) is 0 Å². The van der Waals surface area contributed by atoms with Gasteiger partial charge in [0.05, 0.1) is 24.2 Å². The van der Waals surface area contributed by atoms with Crippen LogP contribution >= 0.6 is 11.8 Å². The van der Waals surface area contributed by atoms with E-state index in [1.807, 2.05) is 18.0 Å². The number of hydrogen-bond acceptors (Lipinski definition) is 4. The summed E-state index contributed by atoms with van der Waals surface area (Å²) in [5.41, 5.74) is 1.12. The Labute approximate surface area is 107 Å². The van der Waals surface area contributed by atoms with E-state index < -0.39 is 0 Å². The van der Waals surface area contributed by atoms with Crippen molar-refractivity contribution in [2.24, 2.45) is 0 Å². The summed E-state index contributed by atoms with van der Waals surface area (Å²) in [6, 6.07) is 4.62. The van der Waals surface area contributed by atoms with Crippen LogP contribution in [0.2, 0.25) is 0 Å². The molecule has 2 rings (SSSR count). The van der Waals surface area contributed by atoms with Crippen LogP contribution in [0.4, 0.5) is 0 Å². The summed E-state index contributed by atoms with van der Waals surface area (Å²) in [5.74, 6) is 0. The van der Waals surface area contributed by atoms with E-state index in [0.717, 1.165) is 31.9 Å². The maximum Gasteiger partial charge on any atom is 0.0611 e. The Morgan fingerprint density at radius 1 is 1.53 bits per heavy atom. The predicted molar refractivity (Wildman–Crippen MR) is 71.4 cm³/mol. The van der Waals surface area contributed by atoms with E-state index in [1.54, 1.807) is 0 Å². The molecule has 1 N–H and O–H groups in total. The molecule has 2 heterocycles. The van der Waals surface area contributed by atoms with Gasteiger partial charge in [0.1, 0.15) is 0 Å². The van der Waals surface area contributed by atoms with Gasteiger partial charge in [0.25, 0.3) is 0 Å². The second-order valence-corrected chi connectivity index (χ2v) is 5.75. The van der Waals surface area contributed by atoms with E-state index in [2.05, 4.69) is 36.3 Å². The van der Waals surface area contributed by atoms with Gasteiger partial charge in [-0.3, -0.25) is 4.98 Å². The lowest BCUT2D eigenvalue weighted by Crippen LogP contribution is -2.30. The summed E-state index contributed by atoms with van der Waals surface area (Å²) in [6.07, 6.45) is 3.13. The molecule has 1 aromatic rings. The number of thioether (sulfide) groups is 1. The number of nitrogens with one attached hydrogen (secondary N) is 1. The van der Waals surface area contributed by atoms with Gasteiger partial charge < -0.3 is 10.1 Å². The summed E-state index contributed by atoms with van der Waals surface area (Å²) in [7, 11) is 0. The largest absolute Gasteiger partial charge is 0.379 e. The molecule has 0 saturated carbocycles. The van der Waals surface area contributed by atoms with Crippen LogP contribution in [-0.4, -0.2) is 30.0 Å². The third kappa shape index (κ3) is 3.69. The van der Waals surface area contributed by atoms with Gasteiger partial charge in [0, 0.05) is 17.1 Å². The zero-order valence-corrected chi connectivity index (χ0v) is 11.3. The van der Waals surface area contributed by atoms with E-state index in [4.69, 9.17) is 4.74 Å². The highest BCUT2D eigenvalue weighted by Crippen LogP contribution is 2.27. The predicted octanol–water partition coefficient (Wildman–Crippen LogP) is 2.63. The average Bonchev–Trinajstić information content (AvgIpc) is 2.31. The lowest BCUT2D eigenvalue weighted by Gasteiger charge is -2.25. The van der Waals surface area contributed by atoms with E-state index >= 15 is 0 Å². The second-order valence-electron chi connectivity index (χ2n) is 4.37. The normalized spacial score (nSPS) is 17.8. The first-order chi connectivity index (χ1) is 8.29.